The van der Waals surface area contributed by atoms with Crippen molar-refractivity contribution in [1.82, 2.24) is 9.36 Å². The van der Waals surface area contributed by atoms with Crippen molar-refractivity contribution in [3.8, 4) is 0 Å². The van der Waals surface area contributed by atoms with E-state index in [9.17, 15) is 4.79 Å². The van der Waals surface area contributed by atoms with Crippen LogP contribution in [0.3, 0.4) is 0 Å². The number of nitrogens with zero attached hydrogens (tertiary/aromatic N) is 2. The zero-order valence-electron chi connectivity index (χ0n) is 10.9. The summed E-state index contributed by atoms with van der Waals surface area (Å²) in [4.78, 5) is 15.0. The number of benzene rings is 1. The summed E-state index contributed by atoms with van der Waals surface area (Å²) in [6, 6.07) is 7.75. The molecule has 1 N–H and O–H groups in total. The molecule has 1 aromatic heterocycles. The van der Waals surface area contributed by atoms with E-state index in [1.54, 1.807) is 17.8 Å². The van der Waals surface area contributed by atoms with Gasteiger partial charge in [-0.2, -0.15) is 4.37 Å². The van der Waals surface area contributed by atoms with Crippen molar-refractivity contribution in [2.75, 3.05) is 0 Å². The van der Waals surface area contributed by atoms with Gasteiger partial charge in [-0.15, -0.1) is 0 Å². The molecule has 0 spiro atoms. The van der Waals surface area contributed by atoms with Gasteiger partial charge < -0.3 is 5.11 Å². The van der Waals surface area contributed by atoms with Crippen molar-refractivity contribution < 1.29 is 9.90 Å². The van der Waals surface area contributed by atoms with Gasteiger partial charge in [-0.3, -0.25) is 0 Å². The Morgan fingerprint density at radius 1 is 1.45 bits per heavy atom. The Morgan fingerprint density at radius 2 is 2.25 bits per heavy atom. The third kappa shape index (κ3) is 4.18. The molecule has 0 unspecified atom stereocenters. The number of rotatable bonds is 6. The average Bonchev–Trinajstić information content (AvgIpc) is 2.91. The molecule has 104 valence electrons. The highest BCUT2D eigenvalue weighted by Crippen LogP contribution is 2.26. The molecule has 1 heterocycles. The fraction of sp³-hybridized carbons (Fsp3) is 0.214. The van der Waals surface area contributed by atoms with Crippen molar-refractivity contribution >= 4 is 35.3 Å². The molecule has 0 aliphatic rings. The number of aliphatic carboxylic acids is 1. The van der Waals surface area contributed by atoms with Crippen LogP contribution in [0, 0.1) is 0 Å². The Morgan fingerprint density at radius 3 is 2.95 bits per heavy atom. The summed E-state index contributed by atoms with van der Waals surface area (Å²) in [5.74, 6) is 0.680. The van der Waals surface area contributed by atoms with E-state index in [2.05, 4.69) is 9.36 Å². The maximum Gasteiger partial charge on any atom is 0.328 e. The van der Waals surface area contributed by atoms with Gasteiger partial charge in [0.15, 0.2) is 4.34 Å². The van der Waals surface area contributed by atoms with Gasteiger partial charge >= 0.3 is 5.97 Å². The lowest BCUT2D eigenvalue weighted by molar-refractivity contribution is -0.131. The first-order chi connectivity index (χ1) is 9.69. The molecule has 6 heteroatoms. The minimum Gasteiger partial charge on any atom is -0.478 e. The molecule has 0 saturated carbocycles. The van der Waals surface area contributed by atoms with E-state index in [1.807, 2.05) is 31.2 Å². The lowest BCUT2D eigenvalue weighted by atomic mass is 10.1. The van der Waals surface area contributed by atoms with Gasteiger partial charge in [0.05, 0.1) is 0 Å². The molecule has 0 aliphatic carbocycles. The van der Waals surface area contributed by atoms with E-state index >= 15 is 0 Å². The second-order valence-electron chi connectivity index (χ2n) is 3.99. The Kier molecular flexibility index (Phi) is 5.31. The summed E-state index contributed by atoms with van der Waals surface area (Å²) in [5.41, 5.74) is 2.01. The van der Waals surface area contributed by atoms with Crippen molar-refractivity contribution in [1.29, 1.82) is 0 Å². The fourth-order valence-electron chi connectivity index (χ4n) is 1.57. The summed E-state index contributed by atoms with van der Waals surface area (Å²) in [7, 11) is 0. The first-order valence-electron chi connectivity index (χ1n) is 6.13. The number of aryl methyl sites for hydroxylation is 1. The van der Waals surface area contributed by atoms with Crippen molar-refractivity contribution in [3.05, 3.63) is 47.3 Å². The molecule has 0 amide bonds. The second kappa shape index (κ2) is 7.21. The van der Waals surface area contributed by atoms with Gasteiger partial charge in [-0.05, 0) is 28.7 Å². The van der Waals surface area contributed by atoms with Gasteiger partial charge in [0.1, 0.15) is 5.82 Å². The highest BCUT2D eigenvalue weighted by molar-refractivity contribution is 8.00. The van der Waals surface area contributed by atoms with Crippen LogP contribution < -0.4 is 0 Å². The van der Waals surface area contributed by atoms with Gasteiger partial charge in [0.2, 0.25) is 0 Å². The van der Waals surface area contributed by atoms with Crippen LogP contribution in [0.1, 0.15) is 23.9 Å². The molecule has 0 saturated heterocycles. The number of carbonyl (C=O) groups is 1. The third-order valence-corrected chi connectivity index (χ3v) is 4.50. The topological polar surface area (TPSA) is 63.1 Å². The highest BCUT2D eigenvalue weighted by Gasteiger charge is 2.05. The first-order valence-corrected chi connectivity index (χ1v) is 7.89. The van der Waals surface area contributed by atoms with Crippen LogP contribution >= 0.6 is 23.3 Å². The molecular weight excluding hydrogens is 292 g/mol. The minimum absolute atomic E-state index is 0.748. The van der Waals surface area contributed by atoms with E-state index in [0.29, 0.717) is 0 Å². The van der Waals surface area contributed by atoms with Crippen molar-refractivity contribution in [3.63, 3.8) is 0 Å². The van der Waals surface area contributed by atoms with Crippen LogP contribution in [-0.2, 0) is 17.0 Å². The Hall–Kier alpha value is -1.66. The molecule has 4 nitrogen and oxygen atoms in total. The largest absolute Gasteiger partial charge is 0.478 e. The normalized spacial score (nSPS) is 11.1. The summed E-state index contributed by atoms with van der Waals surface area (Å²) in [5, 5.41) is 8.69. The van der Waals surface area contributed by atoms with Gasteiger partial charge in [0, 0.05) is 18.2 Å². The molecule has 2 aromatic rings. The first kappa shape index (κ1) is 14.7. The van der Waals surface area contributed by atoms with Crippen molar-refractivity contribution in [2.24, 2.45) is 0 Å². The van der Waals surface area contributed by atoms with Crippen molar-refractivity contribution in [2.45, 2.75) is 23.4 Å². The molecule has 0 radical (unpaired) electrons. The lowest BCUT2D eigenvalue weighted by Crippen LogP contribution is -1.89. The predicted octanol–water partition coefficient (Wildman–Crippen LogP) is 3.49. The number of hydrogen-bond donors (Lipinski definition) is 1. The molecular formula is C14H14N2O2S2. The summed E-state index contributed by atoms with van der Waals surface area (Å²) < 4.78 is 5.19. The lowest BCUT2D eigenvalue weighted by Gasteiger charge is -2.03. The van der Waals surface area contributed by atoms with Gasteiger partial charge in [0.25, 0.3) is 0 Å². The predicted molar refractivity (Wildman–Crippen MR) is 82.0 cm³/mol. The van der Waals surface area contributed by atoms with Crippen LogP contribution in [0.4, 0.5) is 0 Å². The van der Waals surface area contributed by atoms with Crippen LogP contribution in [0.15, 0.2) is 34.7 Å². The smallest absolute Gasteiger partial charge is 0.328 e. The molecule has 0 aliphatic heterocycles. The van der Waals surface area contributed by atoms with Crippen LogP contribution in [0.2, 0.25) is 0 Å². The average molecular weight is 306 g/mol. The SMILES string of the molecule is CCc1nsc(SCc2ccccc2/C=C/C(=O)O)n1. The summed E-state index contributed by atoms with van der Waals surface area (Å²) >= 11 is 3.03. The van der Waals surface area contributed by atoms with E-state index in [4.69, 9.17) is 5.11 Å². The minimum atomic E-state index is -0.941. The van der Waals surface area contributed by atoms with Crippen LogP contribution in [0.25, 0.3) is 6.08 Å². The Balaban J connectivity index is 2.07. The number of carboxylic acids is 1. The zero-order valence-corrected chi connectivity index (χ0v) is 12.6. The highest BCUT2D eigenvalue weighted by atomic mass is 32.2. The molecule has 2 rings (SSSR count). The van der Waals surface area contributed by atoms with E-state index in [-0.39, 0.29) is 0 Å². The molecule has 20 heavy (non-hydrogen) atoms. The van der Waals surface area contributed by atoms with Gasteiger partial charge in [-0.1, -0.05) is 43.0 Å². The standard InChI is InChI=1S/C14H14N2O2S2/c1-2-12-15-14(20-16-12)19-9-11-6-4-3-5-10(11)7-8-13(17)18/h3-8H,2,9H2,1H3,(H,17,18)/b8-7+. The summed E-state index contributed by atoms with van der Waals surface area (Å²) in [6.45, 7) is 2.03. The maximum absolute atomic E-state index is 10.6. The Labute approximate surface area is 125 Å². The summed E-state index contributed by atoms with van der Waals surface area (Å²) in [6.07, 6.45) is 3.62. The number of aromatic nitrogens is 2. The quantitative estimate of drug-likeness (QED) is 0.654. The zero-order chi connectivity index (χ0) is 14.4. The van der Waals surface area contributed by atoms with Gasteiger partial charge in [-0.25, -0.2) is 9.78 Å². The molecule has 0 bridgehead atoms. The number of hydrogen-bond acceptors (Lipinski definition) is 5. The maximum atomic E-state index is 10.6. The van der Waals surface area contributed by atoms with E-state index in [0.717, 1.165) is 39.5 Å². The van der Waals surface area contributed by atoms with E-state index in [1.165, 1.54) is 11.5 Å². The monoisotopic (exact) mass is 306 g/mol. The number of carboxylic acid groups (broad SMARTS) is 1. The Bertz CT molecular complexity index is 623. The third-order valence-electron chi connectivity index (χ3n) is 2.58. The second-order valence-corrected chi connectivity index (χ2v) is 5.96. The fourth-order valence-corrected chi connectivity index (χ4v) is 3.28. The van der Waals surface area contributed by atoms with Crippen LogP contribution in [0.5, 0.6) is 0 Å². The molecule has 0 fully saturated rings. The molecule has 1 aromatic carbocycles. The number of thioether (sulfide) groups is 1. The van der Waals surface area contributed by atoms with E-state index < -0.39 is 5.97 Å². The molecule has 0 atom stereocenters. The van der Waals surface area contributed by atoms with Crippen LogP contribution in [-0.4, -0.2) is 20.4 Å².